The first kappa shape index (κ1) is 36.1. The van der Waals surface area contributed by atoms with Crippen LogP contribution >= 0.6 is 0 Å². The zero-order valence-corrected chi connectivity index (χ0v) is 28.1. The number of esters is 2. The molecule has 4 aromatic rings. The van der Waals surface area contributed by atoms with Crippen LogP contribution in [0.3, 0.4) is 0 Å². The van der Waals surface area contributed by atoms with Gasteiger partial charge < -0.3 is 44.2 Å². The Morgan fingerprint density at radius 1 is 0.673 bits per heavy atom. The molecule has 0 aromatic heterocycles. The lowest BCUT2D eigenvalue weighted by Gasteiger charge is -2.18. The van der Waals surface area contributed by atoms with Crippen LogP contribution in [0, 0.1) is 0 Å². The third-order valence-electron chi connectivity index (χ3n) is 7.56. The van der Waals surface area contributed by atoms with Gasteiger partial charge >= 0.3 is 11.9 Å². The van der Waals surface area contributed by atoms with Gasteiger partial charge in [0.25, 0.3) is 0 Å². The first-order valence-electron chi connectivity index (χ1n) is 15.3. The highest BCUT2D eigenvalue weighted by Crippen LogP contribution is 2.38. The molecule has 0 saturated heterocycles. The summed E-state index contributed by atoms with van der Waals surface area (Å²) in [5.74, 6) is 1.06. The molecule has 1 amide bonds. The summed E-state index contributed by atoms with van der Waals surface area (Å²) < 4.78 is 37.9. The SMILES string of the molecule is COc1cc(COc2ccc(-c3ccc(C(=O)OC(=O)[C@H](CCC(N)=O)NCc4cc(OC)c(OC)c(OC)c4)cc3)cc2)cc(OC)c1. The molecule has 49 heavy (non-hydrogen) atoms. The Morgan fingerprint density at radius 3 is 1.76 bits per heavy atom. The molecule has 0 aliphatic rings. The van der Waals surface area contributed by atoms with Gasteiger partial charge in [0, 0.05) is 19.0 Å². The third kappa shape index (κ3) is 9.88. The van der Waals surface area contributed by atoms with E-state index >= 15 is 0 Å². The van der Waals surface area contributed by atoms with Crippen LogP contribution < -0.4 is 39.5 Å². The summed E-state index contributed by atoms with van der Waals surface area (Å²) in [6.07, 6.45) is -0.0667. The van der Waals surface area contributed by atoms with Crippen LogP contribution in [0.25, 0.3) is 11.1 Å². The molecule has 0 saturated carbocycles. The molecular formula is C37H40N2O10. The second-order valence-electron chi connectivity index (χ2n) is 10.8. The zero-order valence-electron chi connectivity index (χ0n) is 28.1. The smallest absolute Gasteiger partial charge is 0.345 e. The van der Waals surface area contributed by atoms with Crippen LogP contribution in [0.15, 0.2) is 78.9 Å². The highest BCUT2D eigenvalue weighted by atomic mass is 16.6. The van der Waals surface area contributed by atoms with Crippen LogP contribution in [0.4, 0.5) is 0 Å². The Bertz CT molecular complexity index is 1690. The molecule has 12 heteroatoms. The lowest BCUT2D eigenvalue weighted by Crippen LogP contribution is -2.39. The lowest BCUT2D eigenvalue weighted by molar-refractivity contribution is -0.140. The molecular weight excluding hydrogens is 632 g/mol. The minimum absolute atomic E-state index is 0.0260. The summed E-state index contributed by atoms with van der Waals surface area (Å²) in [4.78, 5) is 37.5. The summed E-state index contributed by atoms with van der Waals surface area (Å²) in [6.45, 7) is 0.490. The van der Waals surface area contributed by atoms with Gasteiger partial charge in [-0.25, -0.2) is 9.59 Å². The van der Waals surface area contributed by atoms with Crippen molar-refractivity contribution in [3.8, 4) is 45.6 Å². The number of primary amides is 1. The number of benzene rings is 4. The van der Waals surface area contributed by atoms with Crippen molar-refractivity contribution in [3.63, 3.8) is 0 Å². The van der Waals surface area contributed by atoms with Gasteiger partial charge in [-0.15, -0.1) is 0 Å². The minimum Gasteiger partial charge on any atom is -0.497 e. The van der Waals surface area contributed by atoms with Crippen LogP contribution in [-0.4, -0.2) is 59.4 Å². The number of hydrogen-bond donors (Lipinski definition) is 2. The Labute approximate surface area is 285 Å². The molecule has 4 rings (SSSR count). The molecule has 0 aliphatic heterocycles. The van der Waals surface area contributed by atoms with Crippen LogP contribution in [0.5, 0.6) is 34.5 Å². The Hall–Kier alpha value is -5.75. The van der Waals surface area contributed by atoms with Gasteiger partial charge in [0.2, 0.25) is 11.7 Å². The van der Waals surface area contributed by atoms with E-state index in [2.05, 4.69) is 5.32 Å². The normalized spacial score (nSPS) is 11.2. The highest BCUT2D eigenvalue weighted by Gasteiger charge is 2.24. The molecule has 0 heterocycles. The third-order valence-corrected chi connectivity index (χ3v) is 7.56. The van der Waals surface area contributed by atoms with E-state index in [0.29, 0.717) is 46.7 Å². The molecule has 0 bridgehead atoms. The van der Waals surface area contributed by atoms with Gasteiger partial charge in [-0.2, -0.15) is 0 Å². The van der Waals surface area contributed by atoms with E-state index in [4.69, 9.17) is 38.9 Å². The lowest BCUT2D eigenvalue weighted by atomic mass is 10.0. The standard InChI is InChI=1S/C37H40N2O10/c1-43-29-16-24(17-30(20-29)44-2)22-48-28-12-10-26(11-13-28)25-6-8-27(9-7-25)36(41)49-37(42)31(14-15-34(38)40)39-21-23-18-32(45-3)35(47-5)33(19-23)46-4/h6-13,16-20,31,39H,14-15,21-22H2,1-5H3,(H2,38,40)/t31-/m0/s1. The number of methoxy groups -OCH3 is 5. The number of hydrogen-bond acceptors (Lipinski definition) is 11. The molecule has 3 N–H and O–H groups in total. The monoisotopic (exact) mass is 672 g/mol. The Morgan fingerprint density at radius 2 is 1.24 bits per heavy atom. The topological polar surface area (TPSA) is 154 Å². The first-order chi connectivity index (χ1) is 23.7. The van der Waals surface area contributed by atoms with E-state index in [-0.39, 0.29) is 24.9 Å². The maximum Gasteiger partial charge on any atom is 0.345 e. The van der Waals surface area contributed by atoms with Crippen molar-refractivity contribution in [2.75, 3.05) is 35.5 Å². The molecule has 4 aromatic carbocycles. The highest BCUT2D eigenvalue weighted by molar-refractivity contribution is 5.98. The minimum atomic E-state index is -0.999. The van der Waals surface area contributed by atoms with Gasteiger partial charge in [-0.05, 0) is 77.2 Å². The number of nitrogens with two attached hydrogens (primary N) is 1. The van der Waals surface area contributed by atoms with Gasteiger partial charge in [0.15, 0.2) is 11.5 Å². The first-order valence-corrected chi connectivity index (χ1v) is 15.3. The largest absolute Gasteiger partial charge is 0.497 e. The van der Waals surface area contributed by atoms with Crippen molar-refractivity contribution in [1.29, 1.82) is 0 Å². The van der Waals surface area contributed by atoms with Gasteiger partial charge in [0.05, 0.1) is 41.1 Å². The number of amides is 1. The molecule has 0 aliphatic carbocycles. The van der Waals surface area contributed by atoms with E-state index in [9.17, 15) is 14.4 Å². The fourth-order valence-electron chi connectivity index (χ4n) is 4.95. The molecule has 12 nitrogen and oxygen atoms in total. The summed E-state index contributed by atoms with van der Waals surface area (Å²) >= 11 is 0. The quantitative estimate of drug-likeness (QED) is 0.114. The van der Waals surface area contributed by atoms with Crippen molar-refractivity contribution >= 4 is 17.8 Å². The van der Waals surface area contributed by atoms with Crippen LogP contribution in [0.1, 0.15) is 34.3 Å². The van der Waals surface area contributed by atoms with Crippen molar-refractivity contribution < 1.29 is 47.5 Å². The predicted octanol–water partition coefficient (Wildman–Crippen LogP) is 5.08. The number of nitrogens with one attached hydrogen (secondary N) is 1. The number of rotatable bonds is 17. The van der Waals surface area contributed by atoms with Crippen LogP contribution in [0.2, 0.25) is 0 Å². The average molecular weight is 673 g/mol. The van der Waals surface area contributed by atoms with Crippen LogP contribution in [-0.2, 0) is 27.5 Å². The maximum atomic E-state index is 13.1. The Balaban J connectivity index is 1.37. The Kier molecular flexibility index (Phi) is 12.8. The van der Waals surface area contributed by atoms with E-state index in [1.54, 1.807) is 56.7 Å². The van der Waals surface area contributed by atoms with E-state index in [0.717, 1.165) is 16.7 Å². The van der Waals surface area contributed by atoms with Crippen molar-refractivity contribution in [2.45, 2.75) is 32.0 Å². The second kappa shape index (κ2) is 17.4. The number of carbonyl (C=O) groups is 3. The molecule has 0 unspecified atom stereocenters. The summed E-state index contributed by atoms with van der Waals surface area (Å²) in [5, 5.41) is 3.04. The fourth-order valence-corrected chi connectivity index (χ4v) is 4.95. The van der Waals surface area contributed by atoms with Crippen molar-refractivity contribution in [2.24, 2.45) is 5.73 Å². The summed E-state index contributed by atoms with van der Waals surface area (Å²) in [7, 11) is 7.68. The summed E-state index contributed by atoms with van der Waals surface area (Å²) in [5.41, 5.74) is 8.85. The van der Waals surface area contributed by atoms with E-state index < -0.39 is 23.9 Å². The summed E-state index contributed by atoms with van der Waals surface area (Å²) in [6, 6.07) is 22.2. The second-order valence-corrected chi connectivity index (χ2v) is 10.8. The van der Waals surface area contributed by atoms with E-state index in [1.165, 1.54) is 21.3 Å². The number of carbonyl (C=O) groups excluding carboxylic acids is 3. The van der Waals surface area contributed by atoms with Crippen molar-refractivity contribution in [1.82, 2.24) is 5.32 Å². The maximum absolute atomic E-state index is 13.1. The molecule has 0 fully saturated rings. The molecule has 1 atom stereocenters. The molecule has 0 spiro atoms. The van der Waals surface area contributed by atoms with Gasteiger partial charge in [0.1, 0.15) is 29.9 Å². The molecule has 0 radical (unpaired) electrons. The van der Waals surface area contributed by atoms with Gasteiger partial charge in [-0.1, -0.05) is 24.3 Å². The van der Waals surface area contributed by atoms with Crippen molar-refractivity contribution in [3.05, 3.63) is 95.6 Å². The average Bonchev–Trinajstić information content (AvgIpc) is 3.13. The van der Waals surface area contributed by atoms with Gasteiger partial charge in [-0.3, -0.25) is 4.79 Å². The fraction of sp³-hybridized carbons (Fsp3) is 0.270. The predicted molar refractivity (Wildman–Crippen MR) is 181 cm³/mol. The zero-order chi connectivity index (χ0) is 35.3. The molecule has 258 valence electrons. The van der Waals surface area contributed by atoms with E-state index in [1.807, 2.05) is 36.4 Å². The number of ether oxygens (including phenoxy) is 7.